The lowest BCUT2D eigenvalue weighted by Gasteiger charge is -2.35. The molecule has 1 aromatic carbocycles. The summed E-state index contributed by atoms with van der Waals surface area (Å²) in [4.78, 5) is 14.4. The first-order valence-corrected chi connectivity index (χ1v) is 7.65. The molecule has 1 amide bonds. The molecule has 0 aromatic heterocycles. The summed E-state index contributed by atoms with van der Waals surface area (Å²) in [7, 11) is 0. The van der Waals surface area contributed by atoms with Crippen LogP contribution in [0.25, 0.3) is 0 Å². The van der Waals surface area contributed by atoms with Crippen molar-refractivity contribution >= 4 is 21.8 Å². The number of hydrogen-bond donors (Lipinski definition) is 1. The van der Waals surface area contributed by atoms with Gasteiger partial charge in [0.05, 0.1) is 6.42 Å². The van der Waals surface area contributed by atoms with Crippen LogP contribution in [0.4, 0.5) is 0 Å². The van der Waals surface area contributed by atoms with E-state index in [0.717, 1.165) is 35.8 Å². The first-order valence-electron chi connectivity index (χ1n) is 6.85. The monoisotopic (exact) mass is 325 g/mol. The maximum absolute atomic E-state index is 12.4. The predicted molar refractivity (Wildman–Crippen MR) is 78.9 cm³/mol. The van der Waals surface area contributed by atoms with Gasteiger partial charge in [-0.15, -0.1) is 0 Å². The first-order chi connectivity index (χ1) is 9.20. The molecule has 1 N–H and O–H groups in total. The topological polar surface area (TPSA) is 40.5 Å². The zero-order chi connectivity index (χ0) is 13.7. The van der Waals surface area contributed by atoms with Crippen LogP contribution in [-0.4, -0.2) is 35.1 Å². The summed E-state index contributed by atoms with van der Waals surface area (Å²) in [6.07, 6.45) is 4.40. The lowest BCUT2D eigenvalue weighted by Crippen LogP contribution is -2.44. The minimum absolute atomic E-state index is 0.158. The fourth-order valence-electron chi connectivity index (χ4n) is 2.70. The molecule has 2 rings (SSSR count). The molecule has 1 fully saturated rings. The van der Waals surface area contributed by atoms with Crippen LogP contribution in [0.2, 0.25) is 0 Å². The third kappa shape index (κ3) is 4.05. The van der Waals surface area contributed by atoms with Crippen molar-refractivity contribution in [3.8, 4) is 0 Å². The summed E-state index contributed by atoms with van der Waals surface area (Å²) >= 11 is 3.43. The first kappa shape index (κ1) is 14.5. The van der Waals surface area contributed by atoms with E-state index < -0.39 is 0 Å². The van der Waals surface area contributed by atoms with Crippen molar-refractivity contribution in [3.63, 3.8) is 0 Å². The molecule has 0 saturated carbocycles. The quantitative estimate of drug-likeness (QED) is 0.924. The van der Waals surface area contributed by atoms with Crippen LogP contribution in [0.15, 0.2) is 28.7 Å². The van der Waals surface area contributed by atoms with Crippen LogP contribution in [-0.2, 0) is 11.2 Å². The Morgan fingerprint density at radius 3 is 3.00 bits per heavy atom. The number of amides is 1. The average molecular weight is 326 g/mol. The van der Waals surface area contributed by atoms with Crippen molar-refractivity contribution in [2.24, 2.45) is 0 Å². The number of aliphatic hydroxyl groups is 1. The van der Waals surface area contributed by atoms with Gasteiger partial charge in [-0.05, 0) is 43.4 Å². The molecule has 0 aliphatic carbocycles. The number of carbonyl (C=O) groups is 1. The van der Waals surface area contributed by atoms with Gasteiger partial charge in [-0.1, -0.05) is 28.1 Å². The molecule has 0 bridgehead atoms. The van der Waals surface area contributed by atoms with Crippen LogP contribution in [0, 0.1) is 0 Å². The summed E-state index contributed by atoms with van der Waals surface area (Å²) in [5.74, 6) is 0.177. The van der Waals surface area contributed by atoms with Gasteiger partial charge in [0.2, 0.25) is 5.91 Å². The number of carbonyl (C=O) groups excluding carboxylic acids is 1. The highest BCUT2D eigenvalue weighted by Gasteiger charge is 2.25. The normalized spacial score (nSPS) is 19.5. The number of hydrogen-bond acceptors (Lipinski definition) is 2. The van der Waals surface area contributed by atoms with Gasteiger partial charge < -0.3 is 10.0 Å². The van der Waals surface area contributed by atoms with E-state index in [9.17, 15) is 4.79 Å². The molecule has 4 heteroatoms. The van der Waals surface area contributed by atoms with Crippen molar-refractivity contribution < 1.29 is 9.90 Å². The van der Waals surface area contributed by atoms with E-state index in [1.54, 1.807) is 0 Å². The Balaban J connectivity index is 2.01. The number of nitrogens with zero attached hydrogens (tertiary/aromatic N) is 1. The van der Waals surface area contributed by atoms with Crippen molar-refractivity contribution in [2.75, 3.05) is 13.2 Å². The van der Waals surface area contributed by atoms with Gasteiger partial charge in [0.25, 0.3) is 0 Å². The Bertz CT molecular complexity index is 434. The zero-order valence-corrected chi connectivity index (χ0v) is 12.6. The second-order valence-corrected chi connectivity index (χ2v) is 5.97. The van der Waals surface area contributed by atoms with Crippen molar-refractivity contribution in [2.45, 2.75) is 38.1 Å². The SMILES string of the molecule is O=C(Cc1cccc(Br)c1)N1CCCCC1CCO. The minimum atomic E-state index is 0.158. The number of piperidine rings is 1. The Morgan fingerprint density at radius 2 is 2.26 bits per heavy atom. The van der Waals surface area contributed by atoms with Crippen LogP contribution < -0.4 is 0 Å². The number of rotatable bonds is 4. The summed E-state index contributed by atoms with van der Waals surface area (Å²) in [6, 6.07) is 8.10. The number of likely N-dealkylation sites (tertiary alicyclic amines) is 1. The zero-order valence-electron chi connectivity index (χ0n) is 11.0. The summed E-state index contributed by atoms with van der Waals surface area (Å²) in [5, 5.41) is 9.10. The van der Waals surface area contributed by atoms with Gasteiger partial charge in [-0.3, -0.25) is 4.79 Å². The third-order valence-electron chi connectivity index (χ3n) is 3.65. The Labute approximate surface area is 122 Å². The highest BCUT2D eigenvalue weighted by atomic mass is 79.9. The Hall–Kier alpha value is -0.870. The van der Waals surface area contributed by atoms with Gasteiger partial charge in [-0.2, -0.15) is 0 Å². The van der Waals surface area contributed by atoms with Crippen LogP contribution >= 0.6 is 15.9 Å². The van der Waals surface area contributed by atoms with E-state index >= 15 is 0 Å². The van der Waals surface area contributed by atoms with Gasteiger partial charge in [0.15, 0.2) is 0 Å². The molecular weight excluding hydrogens is 306 g/mol. The second kappa shape index (κ2) is 7.06. The van der Waals surface area contributed by atoms with E-state index in [0.29, 0.717) is 12.8 Å². The maximum Gasteiger partial charge on any atom is 0.227 e. The molecule has 104 valence electrons. The van der Waals surface area contributed by atoms with E-state index in [-0.39, 0.29) is 18.6 Å². The molecule has 1 saturated heterocycles. The van der Waals surface area contributed by atoms with Crippen LogP contribution in [0.3, 0.4) is 0 Å². The van der Waals surface area contributed by atoms with Gasteiger partial charge in [0, 0.05) is 23.7 Å². The van der Waals surface area contributed by atoms with E-state index in [2.05, 4.69) is 15.9 Å². The predicted octanol–water partition coefficient (Wildman–Crippen LogP) is 2.76. The average Bonchev–Trinajstić information content (AvgIpc) is 2.39. The van der Waals surface area contributed by atoms with Crippen LogP contribution in [0.5, 0.6) is 0 Å². The number of aliphatic hydroxyl groups excluding tert-OH is 1. The molecule has 0 spiro atoms. The lowest BCUT2D eigenvalue weighted by atomic mass is 9.98. The molecule has 1 heterocycles. The molecular formula is C15H20BrNO2. The fourth-order valence-corrected chi connectivity index (χ4v) is 3.15. The summed E-state index contributed by atoms with van der Waals surface area (Å²) in [6.45, 7) is 0.989. The highest BCUT2D eigenvalue weighted by molar-refractivity contribution is 9.10. The smallest absolute Gasteiger partial charge is 0.227 e. The third-order valence-corrected chi connectivity index (χ3v) is 4.15. The van der Waals surface area contributed by atoms with Crippen molar-refractivity contribution in [1.82, 2.24) is 4.90 Å². The molecule has 3 nitrogen and oxygen atoms in total. The van der Waals surface area contributed by atoms with Gasteiger partial charge in [-0.25, -0.2) is 0 Å². The van der Waals surface area contributed by atoms with Crippen molar-refractivity contribution in [1.29, 1.82) is 0 Å². The maximum atomic E-state index is 12.4. The summed E-state index contributed by atoms with van der Waals surface area (Å²) in [5.41, 5.74) is 1.03. The molecule has 0 radical (unpaired) electrons. The fraction of sp³-hybridized carbons (Fsp3) is 0.533. The van der Waals surface area contributed by atoms with E-state index in [4.69, 9.17) is 5.11 Å². The Morgan fingerprint density at radius 1 is 1.42 bits per heavy atom. The van der Waals surface area contributed by atoms with E-state index in [1.165, 1.54) is 0 Å². The van der Waals surface area contributed by atoms with Gasteiger partial charge >= 0.3 is 0 Å². The van der Waals surface area contributed by atoms with Crippen molar-refractivity contribution in [3.05, 3.63) is 34.3 Å². The molecule has 1 aliphatic rings. The molecule has 1 aromatic rings. The minimum Gasteiger partial charge on any atom is -0.396 e. The number of benzene rings is 1. The Kier molecular flexibility index (Phi) is 5.40. The second-order valence-electron chi connectivity index (χ2n) is 5.06. The highest BCUT2D eigenvalue weighted by Crippen LogP contribution is 2.21. The molecule has 19 heavy (non-hydrogen) atoms. The van der Waals surface area contributed by atoms with Crippen LogP contribution in [0.1, 0.15) is 31.2 Å². The largest absolute Gasteiger partial charge is 0.396 e. The van der Waals surface area contributed by atoms with Gasteiger partial charge in [0.1, 0.15) is 0 Å². The molecule has 1 atom stereocenters. The van der Waals surface area contributed by atoms with E-state index in [1.807, 2.05) is 29.2 Å². The summed E-state index contributed by atoms with van der Waals surface area (Å²) < 4.78 is 1.00. The number of halogens is 1. The lowest BCUT2D eigenvalue weighted by molar-refractivity contribution is -0.134. The molecule has 1 aliphatic heterocycles. The standard InChI is InChI=1S/C15H20BrNO2/c16-13-5-3-4-12(10-13)11-15(19)17-8-2-1-6-14(17)7-9-18/h3-5,10,14,18H,1-2,6-9,11H2. The molecule has 1 unspecified atom stereocenters.